The van der Waals surface area contributed by atoms with Crippen LogP contribution >= 0.6 is 0 Å². The first-order valence-electron chi connectivity index (χ1n) is 5.83. The van der Waals surface area contributed by atoms with Crippen LogP contribution < -0.4 is 5.32 Å². The van der Waals surface area contributed by atoms with E-state index in [-0.39, 0.29) is 0 Å². The Morgan fingerprint density at radius 2 is 2.27 bits per heavy atom. The van der Waals surface area contributed by atoms with Crippen molar-refractivity contribution in [2.24, 2.45) is 0 Å². The number of fused-ring (bicyclic) bond motifs is 1. The summed E-state index contributed by atoms with van der Waals surface area (Å²) in [5, 5.41) is 12.3. The van der Waals surface area contributed by atoms with Crippen LogP contribution in [0.25, 0.3) is 0 Å². The standard InChI is InChI=1S/C13H19NO/c15-9-3-6-11-4-1-5-12-10-14-8-2-7-13(11)12/h1,4-5,14-15H,2-3,6-10H2. The van der Waals surface area contributed by atoms with Crippen LogP contribution in [0.3, 0.4) is 0 Å². The van der Waals surface area contributed by atoms with E-state index in [0.717, 1.165) is 25.9 Å². The second-order valence-electron chi connectivity index (χ2n) is 4.16. The van der Waals surface area contributed by atoms with Gasteiger partial charge in [0, 0.05) is 13.2 Å². The van der Waals surface area contributed by atoms with Crippen LogP contribution in [0.2, 0.25) is 0 Å². The number of rotatable bonds is 3. The molecule has 2 N–H and O–H groups in total. The lowest BCUT2D eigenvalue weighted by Crippen LogP contribution is -2.11. The fourth-order valence-corrected chi connectivity index (χ4v) is 2.29. The van der Waals surface area contributed by atoms with Gasteiger partial charge in [0.15, 0.2) is 0 Å². The fraction of sp³-hybridized carbons (Fsp3) is 0.538. The molecule has 0 unspecified atom stereocenters. The van der Waals surface area contributed by atoms with Crippen molar-refractivity contribution in [3.05, 3.63) is 34.9 Å². The van der Waals surface area contributed by atoms with Crippen molar-refractivity contribution < 1.29 is 5.11 Å². The molecule has 0 saturated heterocycles. The number of hydrogen-bond donors (Lipinski definition) is 2. The molecule has 2 nitrogen and oxygen atoms in total. The number of aliphatic hydroxyl groups excluding tert-OH is 1. The van der Waals surface area contributed by atoms with E-state index in [1.54, 1.807) is 0 Å². The first kappa shape index (κ1) is 10.7. The van der Waals surface area contributed by atoms with Gasteiger partial charge in [-0.25, -0.2) is 0 Å². The van der Waals surface area contributed by atoms with E-state index < -0.39 is 0 Å². The molecule has 1 heterocycles. The summed E-state index contributed by atoms with van der Waals surface area (Å²) in [6.07, 6.45) is 4.30. The van der Waals surface area contributed by atoms with E-state index in [0.29, 0.717) is 6.61 Å². The average molecular weight is 205 g/mol. The number of aliphatic hydroxyl groups is 1. The third kappa shape index (κ3) is 2.58. The molecule has 1 aliphatic heterocycles. The van der Waals surface area contributed by atoms with Crippen molar-refractivity contribution in [3.8, 4) is 0 Å². The summed E-state index contributed by atoms with van der Waals surface area (Å²) in [6.45, 7) is 2.42. The Kier molecular flexibility index (Phi) is 3.75. The molecule has 0 aliphatic carbocycles. The van der Waals surface area contributed by atoms with Crippen molar-refractivity contribution >= 4 is 0 Å². The quantitative estimate of drug-likeness (QED) is 0.786. The molecular formula is C13H19NO. The highest BCUT2D eigenvalue weighted by Gasteiger charge is 2.10. The SMILES string of the molecule is OCCCc1cccc2c1CCCNC2. The highest BCUT2D eigenvalue weighted by molar-refractivity contribution is 5.36. The molecule has 0 fully saturated rings. The number of nitrogens with one attached hydrogen (secondary N) is 1. The normalized spacial score (nSPS) is 15.8. The van der Waals surface area contributed by atoms with Crippen LogP contribution in [0.4, 0.5) is 0 Å². The summed E-state index contributed by atoms with van der Waals surface area (Å²) in [7, 11) is 0. The minimum absolute atomic E-state index is 0.294. The van der Waals surface area contributed by atoms with E-state index >= 15 is 0 Å². The molecule has 1 aromatic carbocycles. The molecule has 1 aliphatic rings. The lowest BCUT2D eigenvalue weighted by Gasteiger charge is -2.11. The van der Waals surface area contributed by atoms with Gasteiger partial charge in [-0.15, -0.1) is 0 Å². The van der Waals surface area contributed by atoms with Crippen LogP contribution in [0.1, 0.15) is 29.5 Å². The minimum atomic E-state index is 0.294. The van der Waals surface area contributed by atoms with Gasteiger partial charge in [0.1, 0.15) is 0 Å². The zero-order chi connectivity index (χ0) is 10.5. The monoisotopic (exact) mass is 205 g/mol. The zero-order valence-electron chi connectivity index (χ0n) is 9.13. The number of hydrogen-bond acceptors (Lipinski definition) is 2. The second kappa shape index (κ2) is 5.29. The van der Waals surface area contributed by atoms with Crippen molar-refractivity contribution in [2.45, 2.75) is 32.2 Å². The Labute approximate surface area is 91.3 Å². The summed E-state index contributed by atoms with van der Waals surface area (Å²) in [4.78, 5) is 0. The summed E-state index contributed by atoms with van der Waals surface area (Å²) in [6, 6.07) is 6.56. The predicted molar refractivity (Wildman–Crippen MR) is 61.9 cm³/mol. The largest absolute Gasteiger partial charge is 0.396 e. The molecule has 0 amide bonds. The van der Waals surface area contributed by atoms with E-state index in [9.17, 15) is 0 Å². The van der Waals surface area contributed by atoms with Crippen LogP contribution in [-0.4, -0.2) is 18.3 Å². The molecule has 2 heteroatoms. The van der Waals surface area contributed by atoms with Gasteiger partial charge in [0.2, 0.25) is 0 Å². The summed E-state index contributed by atoms with van der Waals surface area (Å²) in [5.74, 6) is 0. The van der Waals surface area contributed by atoms with Gasteiger partial charge in [-0.3, -0.25) is 0 Å². The van der Waals surface area contributed by atoms with E-state index in [2.05, 4.69) is 23.5 Å². The molecule has 0 spiro atoms. The van der Waals surface area contributed by atoms with Gasteiger partial charge < -0.3 is 10.4 Å². The molecule has 2 rings (SSSR count). The molecular weight excluding hydrogens is 186 g/mol. The predicted octanol–water partition coefficient (Wildman–Crippen LogP) is 1.65. The van der Waals surface area contributed by atoms with Crippen LogP contribution in [-0.2, 0) is 19.4 Å². The number of benzene rings is 1. The molecule has 1 aromatic rings. The smallest absolute Gasteiger partial charge is 0.0434 e. The highest BCUT2D eigenvalue weighted by Crippen LogP contribution is 2.20. The molecule has 0 atom stereocenters. The van der Waals surface area contributed by atoms with Gasteiger partial charge in [-0.2, -0.15) is 0 Å². The summed E-state index contributed by atoms with van der Waals surface area (Å²) < 4.78 is 0. The Hall–Kier alpha value is -0.860. The second-order valence-corrected chi connectivity index (χ2v) is 4.16. The van der Waals surface area contributed by atoms with E-state index in [1.165, 1.54) is 29.5 Å². The van der Waals surface area contributed by atoms with Crippen molar-refractivity contribution in [3.63, 3.8) is 0 Å². The van der Waals surface area contributed by atoms with Crippen LogP contribution in [0.5, 0.6) is 0 Å². The Balaban J connectivity index is 2.22. The maximum Gasteiger partial charge on any atom is 0.0434 e. The average Bonchev–Trinajstić information content (AvgIpc) is 2.51. The lowest BCUT2D eigenvalue weighted by molar-refractivity contribution is 0.288. The van der Waals surface area contributed by atoms with Crippen molar-refractivity contribution in [1.29, 1.82) is 0 Å². The fourth-order valence-electron chi connectivity index (χ4n) is 2.29. The Morgan fingerprint density at radius 3 is 3.13 bits per heavy atom. The summed E-state index contributed by atoms with van der Waals surface area (Å²) >= 11 is 0. The van der Waals surface area contributed by atoms with Gasteiger partial charge in [0.05, 0.1) is 0 Å². The van der Waals surface area contributed by atoms with E-state index in [1.807, 2.05) is 0 Å². The molecule has 0 aromatic heterocycles. The molecule has 0 bridgehead atoms. The zero-order valence-corrected chi connectivity index (χ0v) is 9.13. The molecule has 82 valence electrons. The van der Waals surface area contributed by atoms with Gasteiger partial charge in [-0.1, -0.05) is 18.2 Å². The Morgan fingerprint density at radius 1 is 1.33 bits per heavy atom. The van der Waals surface area contributed by atoms with Crippen LogP contribution in [0, 0.1) is 0 Å². The topological polar surface area (TPSA) is 32.3 Å². The van der Waals surface area contributed by atoms with Crippen molar-refractivity contribution in [1.82, 2.24) is 5.32 Å². The lowest BCUT2D eigenvalue weighted by atomic mass is 9.95. The Bertz CT molecular complexity index is 322. The van der Waals surface area contributed by atoms with Gasteiger partial charge >= 0.3 is 0 Å². The maximum absolute atomic E-state index is 8.87. The van der Waals surface area contributed by atoms with Gasteiger partial charge in [-0.05, 0) is 48.9 Å². The van der Waals surface area contributed by atoms with E-state index in [4.69, 9.17) is 5.11 Å². The number of aryl methyl sites for hydroxylation is 1. The minimum Gasteiger partial charge on any atom is -0.396 e. The third-order valence-electron chi connectivity index (χ3n) is 3.07. The first-order valence-corrected chi connectivity index (χ1v) is 5.83. The molecule has 0 radical (unpaired) electrons. The maximum atomic E-state index is 8.87. The third-order valence-corrected chi connectivity index (χ3v) is 3.07. The van der Waals surface area contributed by atoms with Gasteiger partial charge in [0.25, 0.3) is 0 Å². The highest BCUT2D eigenvalue weighted by atomic mass is 16.2. The molecule has 15 heavy (non-hydrogen) atoms. The van der Waals surface area contributed by atoms with Crippen molar-refractivity contribution in [2.75, 3.05) is 13.2 Å². The molecule has 0 saturated carbocycles. The summed E-state index contributed by atoms with van der Waals surface area (Å²) in [5.41, 5.74) is 4.41. The first-order chi connectivity index (χ1) is 7.42. The van der Waals surface area contributed by atoms with Crippen LogP contribution in [0.15, 0.2) is 18.2 Å².